The molecule has 5 heteroatoms. The molecular formula is C17H17N3O2. The minimum atomic E-state index is -0.239. The van der Waals surface area contributed by atoms with E-state index in [0.29, 0.717) is 6.54 Å². The van der Waals surface area contributed by atoms with Gasteiger partial charge in [-0.05, 0) is 29.7 Å². The molecule has 1 aromatic heterocycles. The Labute approximate surface area is 129 Å². The van der Waals surface area contributed by atoms with E-state index in [1.54, 1.807) is 23.4 Å². The van der Waals surface area contributed by atoms with Crippen LogP contribution in [0.25, 0.3) is 0 Å². The molecule has 1 aromatic carbocycles. The molecule has 1 aliphatic rings. The molecule has 22 heavy (non-hydrogen) atoms. The lowest BCUT2D eigenvalue weighted by atomic mass is 10.1. The highest BCUT2D eigenvalue weighted by Crippen LogP contribution is 2.18. The highest BCUT2D eigenvalue weighted by Gasteiger charge is 2.35. The number of imide groups is 1. The van der Waals surface area contributed by atoms with E-state index in [0.717, 1.165) is 16.7 Å². The molecule has 0 radical (unpaired) electrons. The molecule has 1 fully saturated rings. The fourth-order valence-electron chi connectivity index (χ4n) is 2.54. The van der Waals surface area contributed by atoms with Crippen molar-refractivity contribution in [2.45, 2.75) is 20.0 Å². The number of rotatable bonds is 4. The fourth-order valence-corrected chi connectivity index (χ4v) is 2.54. The summed E-state index contributed by atoms with van der Waals surface area (Å²) in [6.07, 6.45) is 3.34. The van der Waals surface area contributed by atoms with Crippen LogP contribution in [-0.4, -0.2) is 33.3 Å². The first-order valence-corrected chi connectivity index (χ1v) is 7.18. The van der Waals surface area contributed by atoms with Crippen molar-refractivity contribution in [2.24, 2.45) is 0 Å². The first-order valence-electron chi connectivity index (χ1n) is 7.18. The molecule has 3 amide bonds. The van der Waals surface area contributed by atoms with Crippen molar-refractivity contribution in [3.05, 3.63) is 65.5 Å². The lowest BCUT2D eigenvalue weighted by molar-refractivity contribution is -0.125. The number of nitrogens with zero attached hydrogens (tertiary/aromatic N) is 3. The predicted molar refractivity (Wildman–Crippen MR) is 81.8 cm³/mol. The summed E-state index contributed by atoms with van der Waals surface area (Å²) >= 11 is 0. The van der Waals surface area contributed by atoms with Gasteiger partial charge in [0.1, 0.15) is 6.54 Å². The number of hydrogen-bond donors (Lipinski definition) is 0. The molecule has 0 saturated carbocycles. The maximum absolute atomic E-state index is 12.4. The smallest absolute Gasteiger partial charge is 0.311 e. The molecule has 112 valence electrons. The number of pyridine rings is 1. The Balaban J connectivity index is 1.73. The summed E-state index contributed by atoms with van der Waals surface area (Å²) in [7, 11) is 0. The molecule has 0 atom stereocenters. The topological polar surface area (TPSA) is 53.5 Å². The van der Waals surface area contributed by atoms with Crippen LogP contribution < -0.4 is 0 Å². The first kappa shape index (κ1) is 14.3. The zero-order valence-corrected chi connectivity index (χ0v) is 12.4. The van der Waals surface area contributed by atoms with E-state index >= 15 is 0 Å². The SMILES string of the molecule is Cc1ccccc1CN1CC(=O)N(Cc2cccnc2)C1=O. The Bertz CT molecular complexity index is 700. The second-order valence-electron chi connectivity index (χ2n) is 5.41. The second-order valence-corrected chi connectivity index (χ2v) is 5.41. The molecule has 2 heterocycles. The number of carbonyl (C=O) groups excluding carboxylic acids is 2. The van der Waals surface area contributed by atoms with E-state index in [2.05, 4.69) is 4.98 Å². The van der Waals surface area contributed by atoms with Crippen LogP contribution in [0, 0.1) is 6.92 Å². The van der Waals surface area contributed by atoms with Gasteiger partial charge in [-0.15, -0.1) is 0 Å². The van der Waals surface area contributed by atoms with Crippen molar-refractivity contribution < 1.29 is 9.59 Å². The second kappa shape index (κ2) is 5.97. The Morgan fingerprint density at radius 1 is 1.09 bits per heavy atom. The molecule has 0 N–H and O–H groups in total. The van der Waals surface area contributed by atoms with Gasteiger partial charge in [0.2, 0.25) is 0 Å². The minimum absolute atomic E-state index is 0.132. The van der Waals surface area contributed by atoms with Crippen LogP contribution in [-0.2, 0) is 17.9 Å². The van der Waals surface area contributed by atoms with Crippen LogP contribution in [0.2, 0.25) is 0 Å². The monoisotopic (exact) mass is 295 g/mol. The Morgan fingerprint density at radius 3 is 2.64 bits per heavy atom. The largest absolute Gasteiger partial charge is 0.327 e. The summed E-state index contributed by atoms with van der Waals surface area (Å²) in [5.74, 6) is -0.164. The lowest BCUT2D eigenvalue weighted by Gasteiger charge is -2.18. The van der Waals surface area contributed by atoms with Crippen molar-refractivity contribution in [2.75, 3.05) is 6.54 Å². The average Bonchev–Trinajstić information content (AvgIpc) is 2.78. The molecule has 1 aliphatic heterocycles. The minimum Gasteiger partial charge on any atom is -0.311 e. The lowest BCUT2D eigenvalue weighted by Crippen LogP contribution is -2.32. The summed E-state index contributed by atoms with van der Waals surface area (Å²) in [4.78, 5) is 31.4. The van der Waals surface area contributed by atoms with Gasteiger partial charge in [0.15, 0.2) is 0 Å². The van der Waals surface area contributed by atoms with Crippen LogP contribution in [0.3, 0.4) is 0 Å². The first-order chi connectivity index (χ1) is 10.6. The fraction of sp³-hybridized carbons (Fsp3) is 0.235. The number of aromatic nitrogens is 1. The summed E-state index contributed by atoms with van der Waals surface area (Å²) in [6.45, 7) is 2.87. The standard InChI is InChI=1S/C17H17N3O2/c1-13-5-2-3-7-15(13)11-19-12-16(21)20(17(19)22)10-14-6-4-8-18-9-14/h2-9H,10-12H2,1H3. The van der Waals surface area contributed by atoms with Crippen molar-refractivity contribution in [1.82, 2.24) is 14.8 Å². The molecule has 1 saturated heterocycles. The molecule has 0 unspecified atom stereocenters. The Morgan fingerprint density at radius 2 is 1.91 bits per heavy atom. The van der Waals surface area contributed by atoms with E-state index in [1.165, 1.54) is 4.90 Å². The summed E-state index contributed by atoms with van der Waals surface area (Å²) in [5, 5.41) is 0. The zero-order chi connectivity index (χ0) is 15.5. The number of urea groups is 1. The normalized spacial score (nSPS) is 14.8. The van der Waals surface area contributed by atoms with Crippen LogP contribution in [0.5, 0.6) is 0 Å². The van der Waals surface area contributed by atoms with E-state index in [1.807, 2.05) is 37.3 Å². The van der Waals surface area contributed by atoms with Gasteiger partial charge in [0.25, 0.3) is 5.91 Å². The summed E-state index contributed by atoms with van der Waals surface area (Å²) in [5.41, 5.74) is 3.03. The molecule has 0 bridgehead atoms. The van der Waals surface area contributed by atoms with E-state index in [9.17, 15) is 9.59 Å². The van der Waals surface area contributed by atoms with Crippen molar-refractivity contribution in [3.8, 4) is 0 Å². The molecule has 0 spiro atoms. The quantitative estimate of drug-likeness (QED) is 0.814. The van der Waals surface area contributed by atoms with Gasteiger partial charge in [-0.25, -0.2) is 4.79 Å². The van der Waals surface area contributed by atoms with Gasteiger partial charge in [-0.1, -0.05) is 30.3 Å². The highest BCUT2D eigenvalue weighted by molar-refractivity contribution is 6.01. The number of amides is 3. The van der Waals surface area contributed by atoms with Crippen LogP contribution >= 0.6 is 0 Å². The maximum Gasteiger partial charge on any atom is 0.327 e. The third-order valence-electron chi connectivity index (χ3n) is 3.81. The van der Waals surface area contributed by atoms with Gasteiger partial charge in [-0.2, -0.15) is 0 Å². The number of carbonyl (C=O) groups is 2. The van der Waals surface area contributed by atoms with Crippen LogP contribution in [0.4, 0.5) is 4.79 Å². The van der Waals surface area contributed by atoms with Crippen molar-refractivity contribution in [3.63, 3.8) is 0 Å². The van der Waals surface area contributed by atoms with Gasteiger partial charge in [0.05, 0.1) is 6.54 Å². The Kier molecular flexibility index (Phi) is 3.87. The maximum atomic E-state index is 12.4. The van der Waals surface area contributed by atoms with Crippen molar-refractivity contribution >= 4 is 11.9 Å². The van der Waals surface area contributed by atoms with Gasteiger partial charge in [-0.3, -0.25) is 14.7 Å². The van der Waals surface area contributed by atoms with Crippen LogP contribution in [0.15, 0.2) is 48.8 Å². The highest BCUT2D eigenvalue weighted by atomic mass is 16.2. The zero-order valence-electron chi connectivity index (χ0n) is 12.4. The molecule has 3 rings (SSSR count). The summed E-state index contributed by atoms with van der Waals surface area (Å²) < 4.78 is 0. The molecular weight excluding hydrogens is 278 g/mol. The Hall–Kier alpha value is -2.69. The molecule has 5 nitrogen and oxygen atoms in total. The third kappa shape index (κ3) is 2.83. The summed E-state index contributed by atoms with van der Waals surface area (Å²) in [6, 6.07) is 11.3. The number of hydrogen-bond acceptors (Lipinski definition) is 3. The van der Waals surface area contributed by atoms with Gasteiger partial charge >= 0.3 is 6.03 Å². The average molecular weight is 295 g/mol. The van der Waals surface area contributed by atoms with E-state index in [4.69, 9.17) is 0 Å². The number of aryl methyl sites for hydroxylation is 1. The molecule has 2 aromatic rings. The van der Waals surface area contributed by atoms with E-state index < -0.39 is 0 Å². The third-order valence-corrected chi connectivity index (χ3v) is 3.81. The van der Waals surface area contributed by atoms with Gasteiger partial charge < -0.3 is 4.90 Å². The number of benzene rings is 1. The van der Waals surface area contributed by atoms with Gasteiger partial charge in [0, 0.05) is 18.9 Å². The van der Waals surface area contributed by atoms with E-state index in [-0.39, 0.29) is 25.0 Å². The molecule has 0 aliphatic carbocycles. The van der Waals surface area contributed by atoms with Crippen LogP contribution in [0.1, 0.15) is 16.7 Å². The van der Waals surface area contributed by atoms with Crippen molar-refractivity contribution in [1.29, 1.82) is 0 Å². The predicted octanol–water partition coefficient (Wildman–Crippen LogP) is 2.35.